The van der Waals surface area contributed by atoms with Gasteiger partial charge in [-0.3, -0.25) is 0 Å². The van der Waals surface area contributed by atoms with Crippen molar-refractivity contribution in [1.82, 2.24) is 4.90 Å². The Balaban J connectivity index is 2.04. The Kier molecular flexibility index (Phi) is 1.50. The minimum absolute atomic E-state index is 0.301. The van der Waals surface area contributed by atoms with Gasteiger partial charge in [-0.15, -0.1) is 0 Å². The lowest BCUT2D eigenvalue weighted by molar-refractivity contribution is -0.154. The number of fused-ring (bicyclic) bond motifs is 1. The van der Waals surface area contributed by atoms with Crippen LogP contribution in [0.3, 0.4) is 0 Å². The maximum absolute atomic E-state index is 5.68. The number of rotatable bonds is 0. The molecule has 0 aromatic carbocycles. The monoisotopic (exact) mass is 157 g/mol. The molecule has 0 aromatic heterocycles. The lowest BCUT2D eigenvalue weighted by Crippen LogP contribution is -2.27. The Morgan fingerprint density at radius 2 is 1.64 bits per heavy atom. The predicted octanol–water partition coefficient (Wildman–Crippen LogP) is 0.452. The summed E-state index contributed by atoms with van der Waals surface area (Å²) in [4.78, 5) is 2.24. The first kappa shape index (κ1) is 7.53. The van der Waals surface area contributed by atoms with Crippen molar-refractivity contribution >= 4 is 0 Å². The van der Waals surface area contributed by atoms with Gasteiger partial charge in [0.15, 0.2) is 5.79 Å². The number of hydrogen-bond donors (Lipinski definition) is 0. The summed E-state index contributed by atoms with van der Waals surface area (Å²) in [7, 11) is 2.10. The molecule has 0 unspecified atom stereocenters. The molecule has 0 aliphatic carbocycles. The lowest BCUT2D eigenvalue weighted by Gasteiger charge is -2.20. The largest absolute Gasteiger partial charge is 0.343 e. The summed E-state index contributed by atoms with van der Waals surface area (Å²) < 4.78 is 11.4. The van der Waals surface area contributed by atoms with Crippen LogP contribution < -0.4 is 0 Å². The molecule has 0 radical (unpaired) electrons. The van der Waals surface area contributed by atoms with Crippen LogP contribution >= 0.6 is 0 Å². The maximum atomic E-state index is 5.68. The third kappa shape index (κ3) is 1.28. The molecule has 2 aliphatic heterocycles. The minimum atomic E-state index is -0.351. The third-order valence-electron chi connectivity index (χ3n) is 2.27. The summed E-state index contributed by atoms with van der Waals surface area (Å²) in [6.45, 7) is 5.97. The summed E-state index contributed by atoms with van der Waals surface area (Å²) >= 11 is 0. The van der Waals surface area contributed by atoms with Gasteiger partial charge in [0.1, 0.15) is 12.2 Å². The molecule has 2 saturated heterocycles. The highest BCUT2D eigenvalue weighted by Gasteiger charge is 2.45. The molecule has 2 fully saturated rings. The SMILES string of the molecule is CN1C[C@@H]2OC(C)(C)O[C@@H]2C1. The second-order valence-corrected chi connectivity index (χ2v) is 3.93. The minimum Gasteiger partial charge on any atom is -0.343 e. The van der Waals surface area contributed by atoms with E-state index in [2.05, 4.69) is 11.9 Å². The van der Waals surface area contributed by atoms with E-state index < -0.39 is 0 Å². The maximum Gasteiger partial charge on any atom is 0.163 e. The normalized spacial score (nSPS) is 42.8. The van der Waals surface area contributed by atoms with E-state index in [4.69, 9.17) is 9.47 Å². The Labute approximate surface area is 67.3 Å². The third-order valence-corrected chi connectivity index (χ3v) is 2.27. The molecule has 0 amide bonds. The quantitative estimate of drug-likeness (QED) is 0.509. The van der Waals surface area contributed by atoms with Crippen molar-refractivity contribution in [2.24, 2.45) is 0 Å². The van der Waals surface area contributed by atoms with E-state index in [1.165, 1.54) is 0 Å². The highest BCUT2D eigenvalue weighted by molar-refractivity contribution is 4.90. The molecule has 0 aromatic rings. The fourth-order valence-corrected chi connectivity index (χ4v) is 1.91. The molecule has 2 atom stereocenters. The second kappa shape index (κ2) is 2.19. The van der Waals surface area contributed by atoms with Crippen LogP contribution in [0.15, 0.2) is 0 Å². The van der Waals surface area contributed by atoms with E-state index in [1.807, 2.05) is 13.8 Å². The molecule has 0 saturated carbocycles. The van der Waals surface area contributed by atoms with Crippen LogP contribution in [0.4, 0.5) is 0 Å². The molecule has 0 bridgehead atoms. The number of likely N-dealkylation sites (tertiary alicyclic amines) is 1. The summed E-state index contributed by atoms with van der Waals surface area (Å²) in [5, 5.41) is 0. The Bertz CT molecular complexity index is 153. The average Bonchev–Trinajstić information content (AvgIpc) is 2.17. The van der Waals surface area contributed by atoms with E-state index >= 15 is 0 Å². The van der Waals surface area contributed by atoms with Gasteiger partial charge in [0, 0.05) is 13.1 Å². The van der Waals surface area contributed by atoms with E-state index in [0.717, 1.165) is 13.1 Å². The van der Waals surface area contributed by atoms with Crippen LogP contribution in [-0.2, 0) is 9.47 Å². The highest BCUT2D eigenvalue weighted by Crippen LogP contribution is 2.31. The molecule has 3 heteroatoms. The number of hydrogen-bond acceptors (Lipinski definition) is 3. The molecular formula is C8H15NO2. The van der Waals surface area contributed by atoms with Gasteiger partial charge in [0.05, 0.1) is 0 Å². The van der Waals surface area contributed by atoms with Gasteiger partial charge >= 0.3 is 0 Å². The molecule has 0 N–H and O–H groups in total. The highest BCUT2D eigenvalue weighted by atomic mass is 16.8. The fourth-order valence-electron chi connectivity index (χ4n) is 1.91. The molecule has 2 aliphatic rings. The Morgan fingerprint density at radius 1 is 1.18 bits per heavy atom. The summed E-state index contributed by atoms with van der Waals surface area (Å²) in [5.74, 6) is -0.351. The summed E-state index contributed by atoms with van der Waals surface area (Å²) in [5.41, 5.74) is 0. The van der Waals surface area contributed by atoms with E-state index in [0.29, 0.717) is 12.2 Å². The Hall–Kier alpha value is -0.120. The molecule has 2 heterocycles. The van der Waals surface area contributed by atoms with Crippen LogP contribution in [0.5, 0.6) is 0 Å². The van der Waals surface area contributed by atoms with E-state index in [1.54, 1.807) is 0 Å². The molecular weight excluding hydrogens is 142 g/mol. The van der Waals surface area contributed by atoms with Crippen molar-refractivity contribution < 1.29 is 9.47 Å². The predicted molar refractivity (Wildman–Crippen MR) is 41.3 cm³/mol. The van der Waals surface area contributed by atoms with Crippen LogP contribution in [0.25, 0.3) is 0 Å². The van der Waals surface area contributed by atoms with E-state index in [-0.39, 0.29) is 5.79 Å². The smallest absolute Gasteiger partial charge is 0.163 e. The second-order valence-electron chi connectivity index (χ2n) is 3.93. The lowest BCUT2D eigenvalue weighted by atomic mass is 10.3. The molecule has 2 rings (SSSR count). The van der Waals surface area contributed by atoms with Gasteiger partial charge in [-0.1, -0.05) is 0 Å². The molecule has 64 valence electrons. The first-order valence-electron chi connectivity index (χ1n) is 4.11. The topological polar surface area (TPSA) is 21.7 Å². The van der Waals surface area contributed by atoms with Gasteiger partial charge in [-0.05, 0) is 20.9 Å². The van der Waals surface area contributed by atoms with Crippen LogP contribution in [-0.4, -0.2) is 43.0 Å². The van der Waals surface area contributed by atoms with Gasteiger partial charge in [0.2, 0.25) is 0 Å². The van der Waals surface area contributed by atoms with Crippen molar-refractivity contribution in [3.05, 3.63) is 0 Å². The van der Waals surface area contributed by atoms with Crippen molar-refractivity contribution in [3.8, 4) is 0 Å². The summed E-state index contributed by atoms with van der Waals surface area (Å²) in [6, 6.07) is 0. The molecule has 11 heavy (non-hydrogen) atoms. The first-order valence-corrected chi connectivity index (χ1v) is 4.11. The van der Waals surface area contributed by atoms with Gasteiger partial charge in [-0.2, -0.15) is 0 Å². The van der Waals surface area contributed by atoms with Crippen LogP contribution in [0, 0.1) is 0 Å². The first-order chi connectivity index (χ1) is 5.07. The van der Waals surface area contributed by atoms with E-state index in [9.17, 15) is 0 Å². The summed E-state index contributed by atoms with van der Waals surface area (Å²) in [6.07, 6.45) is 0.602. The average molecular weight is 157 g/mol. The van der Waals surface area contributed by atoms with Gasteiger partial charge in [0.25, 0.3) is 0 Å². The standard InChI is InChI=1S/C8H15NO2/c1-8(2)10-6-4-9(3)5-7(6)11-8/h6-7H,4-5H2,1-3H3/t6-,7+. The number of ether oxygens (including phenoxy) is 2. The van der Waals surface area contributed by atoms with Crippen molar-refractivity contribution in [1.29, 1.82) is 0 Å². The van der Waals surface area contributed by atoms with Crippen molar-refractivity contribution in [3.63, 3.8) is 0 Å². The fraction of sp³-hybridized carbons (Fsp3) is 1.00. The molecule has 0 spiro atoms. The number of nitrogens with zero attached hydrogens (tertiary/aromatic N) is 1. The van der Waals surface area contributed by atoms with Gasteiger partial charge < -0.3 is 14.4 Å². The van der Waals surface area contributed by atoms with Crippen molar-refractivity contribution in [2.75, 3.05) is 20.1 Å². The van der Waals surface area contributed by atoms with Crippen LogP contribution in [0.1, 0.15) is 13.8 Å². The zero-order chi connectivity index (χ0) is 8.06. The Morgan fingerprint density at radius 3 is 2.09 bits per heavy atom. The number of likely N-dealkylation sites (N-methyl/N-ethyl adjacent to an activating group) is 1. The molecule has 3 nitrogen and oxygen atoms in total. The zero-order valence-corrected chi connectivity index (χ0v) is 7.33. The van der Waals surface area contributed by atoms with Gasteiger partial charge in [-0.25, -0.2) is 0 Å². The van der Waals surface area contributed by atoms with Crippen molar-refractivity contribution in [2.45, 2.75) is 31.8 Å². The zero-order valence-electron chi connectivity index (χ0n) is 7.33. The van der Waals surface area contributed by atoms with Crippen LogP contribution in [0.2, 0.25) is 0 Å².